The van der Waals surface area contributed by atoms with E-state index >= 15 is 0 Å². The molecule has 0 aromatic heterocycles. The molecule has 1 aliphatic heterocycles. The largest absolute Gasteiger partial charge is 0.493 e. The fourth-order valence-electron chi connectivity index (χ4n) is 3.28. The minimum absolute atomic E-state index is 0.0171. The highest BCUT2D eigenvalue weighted by atomic mass is 19.4. The molecule has 3 aromatic carbocycles. The zero-order valence-corrected chi connectivity index (χ0v) is 17.9. The van der Waals surface area contributed by atoms with E-state index in [2.05, 4.69) is 5.16 Å². The van der Waals surface area contributed by atoms with Crippen LogP contribution in [0, 0.1) is 10.1 Å². The lowest BCUT2D eigenvalue weighted by Gasteiger charge is -2.13. The topological polar surface area (TPSA) is 100 Å². The van der Waals surface area contributed by atoms with Gasteiger partial charge in [-0.3, -0.25) is 10.1 Å². The van der Waals surface area contributed by atoms with E-state index in [0.29, 0.717) is 29.0 Å². The van der Waals surface area contributed by atoms with Crippen LogP contribution in [-0.4, -0.2) is 23.7 Å². The van der Waals surface area contributed by atoms with Gasteiger partial charge >= 0.3 is 17.8 Å². The molecule has 0 saturated heterocycles. The first-order valence-electron chi connectivity index (χ1n) is 9.95. The first kappa shape index (κ1) is 23.5. The SMILES string of the molecule is COc1cc(C=C2C(=O)ON=C2c2ccccc2)ccc1Oc1ccc(C(F)(F)F)cc1[N+](=O)[O-]. The summed E-state index contributed by atoms with van der Waals surface area (Å²) in [5.41, 5.74) is -0.324. The van der Waals surface area contributed by atoms with E-state index in [-0.39, 0.29) is 17.1 Å². The molecule has 3 aromatic rings. The van der Waals surface area contributed by atoms with Crippen LogP contribution in [0.1, 0.15) is 16.7 Å². The minimum Gasteiger partial charge on any atom is -0.493 e. The summed E-state index contributed by atoms with van der Waals surface area (Å²) in [5, 5.41) is 15.2. The molecule has 0 spiro atoms. The van der Waals surface area contributed by atoms with E-state index in [1.807, 2.05) is 6.07 Å². The van der Waals surface area contributed by atoms with Crippen molar-refractivity contribution in [1.29, 1.82) is 0 Å². The fraction of sp³-hybridized carbons (Fsp3) is 0.0833. The van der Waals surface area contributed by atoms with E-state index in [1.54, 1.807) is 24.3 Å². The third-order valence-electron chi connectivity index (χ3n) is 4.94. The van der Waals surface area contributed by atoms with Crippen LogP contribution in [-0.2, 0) is 15.8 Å². The molecule has 8 nitrogen and oxygen atoms in total. The molecule has 0 bridgehead atoms. The van der Waals surface area contributed by atoms with E-state index in [9.17, 15) is 28.1 Å². The Bertz CT molecular complexity index is 1370. The standard InChI is InChI=1S/C24H15F3N2O6/c1-33-21-12-14(11-17-22(28-35-23(17)30)15-5-3-2-4-6-15)7-9-20(21)34-19-10-8-16(24(25,26)27)13-18(19)29(31)32/h2-13H,1H3. The quantitative estimate of drug-likeness (QED) is 0.191. The van der Waals surface area contributed by atoms with Gasteiger partial charge < -0.3 is 14.3 Å². The molecule has 0 N–H and O–H groups in total. The maximum Gasteiger partial charge on any atom is 0.416 e. The molecule has 11 heteroatoms. The summed E-state index contributed by atoms with van der Waals surface area (Å²) in [6.07, 6.45) is -3.23. The Balaban J connectivity index is 1.67. The zero-order chi connectivity index (χ0) is 25.2. The van der Waals surface area contributed by atoms with Gasteiger partial charge in [0.2, 0.25) is 5.75 Å². The van der Waals surface area contributed by atoms with Gasteiger partial charge in [0.1, 0.15) is 5.71 Å². The highest BCUT2D eigenvalue weighted by Crippen LogP contribution is 2.40. The molecule has 178 valence electrons. The van der Waals surface area contributed by atoms with Crippen LogP contribution < -0.4 is 9.47 Å². The molecule has 0 amide bonds. The van der Waals surface area contributed by atoms with Gasteiger partial charge in [-0.2, -0.15) is 13.2 Å². The monoisotopic (exact) mass is 484 g/mol. The average Bonchev–Trinajstić information content (AvgIpc) is 3.19. The molecule has 1 aliphatic rings. The molecule has 0 unspecified atom stereocenters. The number of hydrogen-bond acceptors (Lipinski definition) is 7. The summed E-state index contributed by atoms with van der Waals surface area (Å²) >= 11 is 0. The van der Waals surface area contributed by atoms with Crippen molar-refractivity contribution in [2.45, 2.75) is 6.18 Å². The normalized spacial score (nSPS) is 14.5. The number of carbonyl (C=O) groups excluding carboxylic acids is 1. The van der Waals surface area contributed by atoms with Crippen LogP contribution in [0.5, 0.6) is 17.2 Å². The number of ether oxygens (including phenoxy) is 2. The van der Waals surface area contributed by atoms with Crippen molar-refractivity contribution >= 4 is 23.4 Å². The third-order valence-corrected chi connectivity index (χ3v) is 4.94. The van der Waals surface area contributed by atoms with Crippen LogP contribution in [0.25, 0.3) is 6.08 Å². The number of nitro benzene ring substituents is 1. The number of carbonyl (C=O) groups is 1. The highest BCUT2D eigenvalue weighted by molar-refractivity contribution is 6.31. The maximum atomic E-state index is 13.0. The highest BCUT2D eigenvalue weighted by Gasteiger charge is 2.33. The Kier molecular flexibility index (Phi) is 6.24. The van der Waals surface area contributed by atoms with Crippen molar-refractivity contribution in [2.24, 2.45) is 5.16 Å². The summed E-state index contributed by atoms with van der Waals surface area (Å²) in [6, 6.07) is 15.3. The Morgan fingerprint density at radius 2 is 1.71 bits per heavy atom. The van der Waals surface area contributed by atoms with E-state index in [1.165, 1.54) is 31.4 Å². The number of rotatable bonds is 6. The van der Waals surface area contributed by atoms with E-state index in [0.717, 1.165) is 6.07 Å². The minimum atomic E-state index is -4.75. The number of methoxy groups -OCH3 is 1. The van der Waals surface area contributed by atoms with Crippen molar-refractivity contribution in [3.05, 3.63) is 99.1 Å². The smallest absolute Gasteiger partial charge is 0.416 e. The van der Waals surface area contributed by atoms with Crippen molar-refractivity contribution in [3.63, 3.8) is 0 Å². The first-order chi connectivity index (χ1) is 16.7. The Morgan fingerprint density at radius 3 is 2.37 bits per heavy atom. The van der Waals surface area contributed by atoms with Gasteiger partial charge in [-0.1, -0.05) is 41.6 Å². The van der Waals surface area contributed by atoms with Crippen molar-refractivity contribution in [1.82, 2.24) is 0 Å². The van der Waals surface area contributed by atoms with E-state index in [4.69, 9.17) is 14.3 Å². The first-order valence-corrected chi connectivity index (χ1v) is 9.95. The van der Waals surface area contributed by atoms with Crippen LogP contribution in [0.2, 0.25) is 0 Å². The Labute approximate surface area is 196 Å². The molecule has 0 atom stereocenters. The van der Waals surface area contributed by atoms with Gasteiger partial charge in [0.05, 0.1) is 23.2 Å². The summed E-state index contributed by atoms with van der Waals surface area (Å²) < 4.78 is 49.7. The second-order valence-electron chi connectivity index (χ2n) is 7.19. The van der Waals surface area contributed by atoms with Gasteiger partial charge in [0, 0.05) is 11.6 Å². The molecule has 35 heavy (non-hydrogen) atoms. The zero-order valence-electron chi connectivity index (χ0n) is 17.9. The summed E-state index contributed by atoms with van der Waals surface area (Å²) in [5.74, 6) is -0.907. The number of alkyl halides is 3. The van der Waals surface area contributed by atoms with Gasteiger partial charge in [-0.25, -0.2) is 4.79 Å². The Hall–Kier alpha value is -4.67. The molecular formula is C24H15F3N2O6. The predicted octanol–water partition coefficient (Wildman–Crippen LogP) is 5.76. The molecule has 1 heterocycles. The summed E-state index contributed by atoms with van der Waals surface area (Å²) in [6.45, 7) is 0. The second-order valence-corrected chi connectivity index (χ2v) is 7.19. The second kappa shape index (κ2) is 9.29. The lowest BCUT2D eigenvalue weighted by Crippen LogP contribution is -2.06. The van der Waals surface area contributed by atoms with Gasteiger partial charge in [0.25, 0.3) is 0 Å². The lowest BCUT2D eigenvalue weighted by molar-refractivity contribution is -0.385. The number of nitrogens with zero attached hydrogens (tertiary/aromatic N) is 2. The molecule has 0 aliphatic carbocycles. The third kappa shape index (κ3) is 4.98. The van der Waals surface area contributed by atoms with Crippen LogP contribution in [0.15, 0.2) is 77.5 Å². The fourth-order valence-corrected chi connectivity index (χ4v) is 3.28. The average molecular weight is 484 g/mol. The molecule has 4 rings (SSSR count). The molecule has 0 fully saturated rings. The molecule has 0 saturated carbocycles. The molecular weight excluding hydrogens is 469 g/mol. The molecule has 0 radical (unpaired) electrons. The van der Waals surface area contributed by atoms with Crippen LogP contribution >= 0.6 is 0 Å². The number of hydrogen-bond donors (Lipinski definition) is 0. The lowest BCUT2D eigenvalue weighted by atomic mass is 10.0. The number of halogens is 3. The number of benzene rings is 3. The van der Waals surface area contributed by atoms with Crippen molar-refractivity contribution in [3.8, 4) is 17.2 Å². The summed E-state index contributed by atoms with van der Waals surface area (Å²) in [4.78, 5) is 27.4. The number of nitro groups is 1. The number of oxime groups is 1. The summed E-state index contributed by atoms with van der Waals surface area (Å²) in [7, 11) is 1.32. The van der Waals surface area contributed by atoms with Crippen molar-refractivity contribution in [2.75, 3.05) is 7.11 Å². The van der Waals surface area contributed by atoms with Gasteiger partial charge in [-0.05, 0) is 35.9 Å². The van der Waals surface area contributed by atoms with Crippen LogP contribution in [0.4, 0.5) is 18.9 Å². The van der Waals surface area contributed by atoms with Crippen LogP contribution in [0.3, 0.4) is 0 Å². The van der Waals surface area contributed by atoms with E-state index < -0.39 is 34.1 Å². The Morgan fingerprint density at radius 1 is 1.00 bits per heavy atom. The predicted molar refractivity (Wildman–Crippen MR) is 118 cm³/mol. The maximum absolute atomic E-state index is 13.0. The van der Waals surface area contributed by atoms with Crippen molar-refractivity contribution < 1.29 is 37.2 Å². The van der Waals surface area contributed by atoms with Gasteiger partial charge in [-0.15, -0.1) is 0 Å². The van der Waals surface area contributed by atoms with Gasteiger partial charge in [0.15, 0.2) is 11.5 Å².